The molecule has 1 rings (SSSR count). The number of nitrogens with zero attached hydrogens (tertiary/aromatic N) is 1. The van der Waals surface area contributed by atoms with E-state index >= 15 is 0 Å². The van der Waals surface area contributed by atoms with Crippen LogP contribution in [0.25, 0.3) is 0 Å². The van der Waals surface area contributed by atoms with E-state index in [-0.39, 0.29) is 18.8 Å². The lowest BCUT2D eigenvalue weighted by molar-refractivity contribution is -0.199. The van der Waals surface area contributed by atoms with Crippen LogP contribution in [0.5, 0.6) is 0 Å². The Kier molecular flexibility index (Phi) is 7.54. The second-order valence-electron chi connectivity index (χ2n) is 6.58. The van der Waals surface area contributed by atoms with Crippen molar-refractivity contribution in [2.24, 2.45) is 11.8 Å². The van der Waals surface area contributed by atoms with Crippen molar-refractivity contribution in [2.75, 3.05) is 7.11 Å². The molecule has 0 saturated carbocycles. The van der Waals surface area contributed by atoms with Crippen molar-refractivity contribution in [1.29, 1.82) is 0 Å². The van der Waals surface area contributed by atoms with E-state index in [9.17, 15) is 24.0 Å². The highest BCUT2D eigenvalue weighted by Gasteiger charge is 2.36. The molecule has 0 aliphatic carbocycles. The van der Waals surface area contributed by atoms with Crippen LogP contribution in [0.2, 0.25) is 0 Å². The second kappa shape index (κ2) is 9.16. The fourth-order valence-electron chi connectivity index (χ4n) is 2.25. The molecule has 2 N–H and O–H groups in total. The monoisotopic (exact) mass is 371 g/mol. The fourth-order valence-corrected chi connectivity index (χ4v) is 2.25. The van der Waals surface area contributed by atoms with Crippen molar-refractivity contribution in [3.05, 3.63) is 0 Å². The first-order valence-electron chi connectivity index (χ1n) is 8.30. The lowest BCUT2D eigenvalue weighted by Gasteiger charge is -2.25. The summed E-state index contributed by atoms with van der Waals surface area (Å²) in [5.41, 5.74) is 0. The van der Waals surface area contributed by atoms with Gasteiger partial charge in [0.05, 0.1) is 7.11 Å². The van der Waals surface area contributed by atoms with Crippen molar-refractivity contribution < 1.29 is 33.5 Å². The molecule has 146 valence electrons. The molecule has 26 heavy (non-hydrogen) atoms. The van der Waals surface area contributed by atoms with E-state index in [2.05, 4.69) is 15.4 Å². The molecular weight excluding hydrogens is 346 g/mol. The summed E-state index contributed by atoms with van der Waals surface area (Å²) < 4.78 is 4.63. The lowest BCUT2D eigenvalue weighted by Crippen LogP contribution is -2.55. The van der Waals surface area contributed by atoms with Crippen molar-refractivity contribution >= 4 is 29.8 Å². The van der Waals surface area contributed by atoms with Crippen LogP contribution >= 0.6 is 0 Å². The standard InChI is InChI=1S/C16H25N3O7/c1-8(2)12(14(22)25-5)17-16(24)18-13(9(3)4)15(23)26-19-10(20)6-7-11(19)21/h8-9,12-13H,6-7H2,1-5H3,(H2,17,18,24)/t12-,13-/m0/s1. The first kappa shape index (κ1) is 21.4. The third-order valence-corrected chi connectivity index (χ3v) is 3.80. The molecule has 0 aromatic carbocycles. The predicted octanol–water partition coefficient (Wildman–Crippen LogP) is 0.115. The third kappa shape index (κ3) is 5.43. The normalized spacial score (nSPS) is 16.5. The number of amides is 4. The molecule has 1 fully saturated rings. The predicted molar refractivity (Wildman–Crippen MR) is 88.1 cm³/mol. The number of hydrogen-bond donors (Lipinski definition) is 2. The van der Waals surface area contributed by atoms with Crippen molar-refractivity contribution in [2.45, 2.75) is 52.6 Å². The molecular formula is C16H25N3O7. The smallest absolute Gasteiger partial charge is 0.355 e. The molecule has 0 unspecified atom stereocenters. The molecule has 4 amide bonds. The largest absolute Gasteiger partial charge is 0.467 e. The van der Waals surface area contributed by atoms with Gasteiger partial charge in [0.25, 0.3) is 11.8 Å². The number of urea groups is 1. The van der Waals surface area contributed by atoms with Gasteiger partial charge in [-0.05, 0) is 11.8 Å². The Hall–Kier alpha value is -2.65. The maximum absolute atomic E-state index is 12.3. The number of ether oxygens (including phenoxy) is 1. The van der Waals surface area contributed by atoms with Gasteiger partial charge in [-0.2, -0.15) is 0 Å². The molecule has 0 radical (unpaired) electrons. The third-order valence-electron chi connectivity index (χ3n) is 3.80. The molecule has 2 atom stereocenters. The van der Waals surface area contributed by atoms with Gasteiger partial charge in [-0.25, -0.2) is 14.4 Å². The van der Waals surface area contributed by atoms with E-state index in [0.717, 1.165) is 0 Å². The highest BCUT2D eigenvalue weighted by Crippen LogP contribution is 2.14. The molecule has 1 saturated heterocycles. The van der Waals surface area contributed by atoms with Gasteiger partial charge in [-0.1, -0.05) is 27.7 Å². The highest BCUT2D eigenvalue weighted by molar-refractivity contribution is 6.02. The minimum Gasteiger partial charge on any atom is -0.467 e. The highest BCUT2D eigenvalue weighted by atomic mass is 16.7. The van der Waals surface area contributed by atoms with Gasteiger partial charge in [0, 0.05) is 12.8 Å². The molecule has 1 aliphatic rings. The van der Waals surface area contributed by atoms with Crippen LogP contribution in [-0.4, -0.2) is 54.0 Å². The van der Waals surface area contributed by atoms with E-state index in [4.69, 9.17) is 4.84 Å². The van der Waals surface area contributed by atoms with Gasteiger partial charge < -0.3 is 20.2 Å². The van der Waals surface area contributed by atoms with Gasteiger partial charge in [-0.15, -0.1) is 5.06 Å². The number of rotatable bonds is 7. The van der Waals surface area contributed by atoms with E-state index in [1.807, 2.05) is 0 Å². The van der Waals surface area contributed by atoms with Crippen LogP contribution < -0.4 is 10.6 Å². The van der Waals surface area contributed by atoms with Gasteiger partial charge in [-0.3, -0.25) is 9.59 Å². The fraction of sp³-hybridized carbons (Fsp3) is 0.688. The van der Waals surface area contributed by atoms with E-state index in [1.165, 1.54) is 7.11 Å². The van der Waals surface area contributed by atoms with Crippen LogP contribution in [0.1, 0.15) is 40.5 Å². The minimum absolute atomic E-state index is 0.0262. The Bertz CT molecular complexity index is 572. The average molecular weight is 371 g/mol. The summed E-state index contributed by atoms with van der Waals surface area (Å²) in [7, 11) is 1.20. The Balaban J connectivity index is 2.76. The Morgan fingerprint density at radius 2 is 1.31 bits per heavy atom. The molecule has 0 spiro atoms. The summed E-state index contributed by atoms with van der Waals surface area (Å²) in [6, 6.07) is -2.80. The minimum atomic E-state index is -1.12. The molecule has 1 aliphatic heterocycles. The topological polar surface area (TPSA) is 131 Å². The Morgan fingerprint density at radius 3 is 1.69 bits per heavy atom. The summed E-state index contributed by atoms with van der Waals surface area (Å²) in [4.78, 5) is 64.1. The summed E-state index contributed by atoms with van der Waals surface area (Å²) in [5, 5.41) is 5.26. The van der Waals surface area contributed by atoms with Gasteiger partial charge in [0.2, 0.25) is 0 Å². The number of methoxy groups -OCH3 is 1. The van der Waals surface area contributed by atoms with E-state index < -0.39 is 47.8 Å². The van der Waals surface area contributed by atoms with Crippen LogP contribution in [0.4, 0.5) is 4.79 Å². The lowest BCUT2D eigenvalue weighted by atomic mass is 10.0. The summed E-state index contributed by atoms with van der Waals surface area (Å²) in [6.45, 7) is 6.75. The molecule has 10 heteroatoms. The molecule has 0 aromatic rings. The summed E-state index contributed by atoms with van der Waals surface area (Å²) >= 11 is 0. The zero-order chi connectivity index (χ0) is 20.0. The first-order chi connectivity index (χ1) is 12.1. The maximum atomic E-state index is 12.3. The first-order valence-corrected chi connectivity index (χ1v) is 8.30. The van der Waals surface area contributed by atoms with Crippen molar-refractivity contribution in [1.82, 2.24) is 15.7 Å². The zero-order valence-electron chi connectivity index (χ0n) is 15.5. The average Bonchev–Trinajstić information content (AvgIpc) is 2.88. The molecule has 10 nitrogen and oxygen atoms in total. The van der Waals surface area contributed by atoms with Crippen molar-refractivity contribution in [3.8, 4) is 0 Å². The van der Waals surface area contributed by atoms with Crippen molar-refractivity contribution in [3.63, 3.8) is 0 Å². The van der Waals surface area contributed by atoms with E-state index in [0.29, 0.717) is 5.06 Å². The Morgan fingerprint density at radius 1 is 0.885 bits per heavy atom. The number of carbonyl (C=O) groups is 5. The maximum Gasteiger partial charge on any atom is 0.355 e. The number of hydroxylamine groups is 2. The van der Waals surface area contributed by atoms with Crippen LogP contribution in [-0.2, 0) is 28.8 Å². The van der Waals surface area contributed by atoms with Crippen LogP contribution in [0, 0.1) is 11.8 Å². The molecule has 0 aromatic heterocycles. The van der Waals surface area contributed by atoms with Gasteiger partial charge >= 0.3 is 18.0 Å². The number of hydrogen-bond acceptors (Lipinski definition) is 7. The SMILES string of the molecule is COC(=O)[C@@H](NC(=O)N[C@H](C(=O)ON1C(=O)CCC1=O)C(C)C)C(C)C. The number of esters is 1. The Labute approximate surface area is 151 Å². The second-order valence-corrected chi connectivity index (χ2v) is 6.58. The number of carbonyl (C=O) groups excluding carboxylic acids is 5. The number of imide groups is 1. The molecule has 0 bridgehead atoms. The quantitative estimate of drug-likeness (QED) is 0.480. The van der Waals surface area contributed by atoms with Gasteiger partial charge in [0.1, 0.15) is 12.1 Å². The van der Waals surface area contributed by atoms with Gasteiger partial charge in [0.15, 0.2) is 0 Å². The summed E-state index contributed by atoms with van der Waals surface area (Å²) in [5.74, 6) is -3.42. The van der Waals surface area contributed by atoms with Crippen LogP contribution in [0.15, 0.2) is 0 Å². The molecule has 1 heterocycles. The van der Waals surface area contributed by atoms with E-state index in [1.54, 1.807) is 27.7 Å². The van der Waals surface area contributed by atoms with Crippen LogP contribution in [0.3, 0.4) is 0 Å². The summed E-state index contributed by atoms with van der Waals surface area (Å²) in [6.07, 6.45) is -0.0524. The zero-order valence-corrected chi connectivity index (χ0v) is 15.5. The number of nitrogens with one attached hydrogen (secondary N) is 2.